The molecule has 5 nitrogen and oxygen atoms in total. The molecule has 0 aliphatic rings. The molecular formula is C9H18N4O. The van der Waals surface area contributed by atoms with Gasteiger partial charge in [0.2, 0.25) is 0 Å². The largest absolute Gasteiger partial charge is 0.391 e. The Morgan fingerprint density at radius 1 is 1.50 bits per heavy atom. The third-order valence-corrected chi connectivity index (χ3v) is 2.23. The number of aryl methyl sites for hydroxylation is 1. The van der Waals surface area contributed by atoms with Gasteiger partial charge in [-0.25, -0.2) is 0 Å². The summed E-state index contributed by atoms with van der Waals surface area (Å²) in [5, 5.41) is 17.3. The SMILES string of the molecule is CCCn1c(C)nnc1[C@@H](N)[C@@H](C)O. The zero-order valence-corrected chi connectivity index (χ0v) is 8.94. The summed E-state index contributed by atoms with van der Waals surface area (Å²) in [7, 11) is 0. The minimum absolute atomic E-state index is 0.456. The average Bonchev–Trinajstić information content (AvgIpc) is 2.48. The average molecular weight is 198 g/mol. The molecule has 0 saturated heterocycles. The second-order valence-corrected chi connectivity index (χ2v) is 3.52. The smallest absolute Gasteiger partial charge is 0.152 e. The molecule has 0 aromatic carbocycles. The Morgan fingerprint density at radius 3 is 2.64 bits per heavy atom. The van der Waals surface area contributed by atoms with Gasteiger partial charge in [0.1, 0.15) is 5.82 Å². The number of aliphatic hydroxyl groups is 1. The van der Waals surface area contributed by atoms with Crippen molar-refractivity contribution in [1.82, 2.24) is 14.8 Å². The van der Waals surface area contributed by atoms with Gasteiger partial charge in [0.15, 0.2) is 5.82 Å². The number of aromatic nitrogens is 3. The molecule has 14 heavy (non-hydrogen) atoms. The Bertz CT molecular complexity index is 295. The van der Waals surface area contributed by atoms with E-state index in [1.54, 1.807) is 6.92 Å². The quantitative estimate of drug-likeness (QED) is 0.733. The van der Waals surface area contributed by atoms with Crippen LogP contribution in [0.2, 0.25) is 0 Å². The van der Waals surface area contributed by atoms with E-state index in [1.165, 1.54) is 0 Å². The number of rotatable bonds is 4. The van der Waals surface area contributed by atoms with Gasteiger partial charge in [-0.3, -0.25) is 0 Å². The van der Waals surface area contributed by atoms with Crippen LogP contribution in [0.25, 0.3) is 0 Å². The van der Waals surface area contributed by atoms with E-state index in [0.29, 0.717) is 5.82 Å². The van der Waals surface area contributed by atoms with Crippen LogP contribution in [-0.2, 0) is 6.54 Å². The number of hydrogen-bond acceptors (Lipinski definition) is 4. The molecule has 5 heteroatoms. The van der Waals surface area contributed by atoms with Gasteiger partial charge in [-0.1, -0.05) is 6.92 Å². The fourth-order valence-electron chi connectivity index (χ4n) is 1.36. The van der Waals surface area contributed by atoms with E-state index < -0.39 is 12.1 Å². The van der Waals surface area contributed by atoms with Crippen LogP contribution in [0, 0.1) is 6.92 Å². The fourth-order valence-corrected chi connectivity index (χ4v) is 1.36. The summed E-state index contributed by atoms with van der Waals surface area (Å²) in [6.45, 7) is 6.47. The Hall–Kier alpha value is -0.940. The number of nitrogens with two attached hydrogens (primary N) is 1. The fraction of sp³-hybridized carbons (Fsp3) is 0.778. The Kier molecular flexibility index (Phi) is 3.60. The molecule has 0 saturated carbocycles. The monoisotopic (exact) mass is 198 g/mol. The van der Waals surface area contributed by atoms with Gasteiger partial charge < -0.3 is 15.4 Å². The maximum Gasteiger partial charge on any atom is 0.152 e. The van der Waals surface area contributed by atoms with E-state index in [9.17, 15) is 5.11 Å². The van der Waals surface area contributed by atoms with Gasteiger partial charge in [0, 0.05) is 6.54 Å². The molecule has 0 aliphatic carbocycles. The first-order valence-electron chi connectivity index (χ1n) is 4.91. The van der Waals surface area contributed by atoms with Crippen LogP contribution in [0.15, 0.2) is 0 Å². The van der Waals surface area contributed by atoms with Crippen molar-refractivity contribution in [3.05, 3.63) is 11.6 Å². The van der Waals surface area contributed by atoms with Gasteiger partial charge in [-0.15, -0.1) is 10.2 Å². The molecule has 2 atom stereocenters. The molecule has 0 radical (unpaired) electrons. The summed E-state index contributed by atoms with van der Waals surface area (Å²) in [6, 6.07) is -0.456. The summed E-state index contributed by atoms with van der Waals surface area (Å²) in [5.41, 5.74) is 5.81. The molecule has 1 rings (SSSR count). The van der Waals surface area contributed by atoms with Gasteiger partial charge in [-0.05, 0) is 20.3 Å². The van der Waals surface area contributed by atoms with E-state index >= 15 is 0 Å². The molecule has 1 heterocycles. The minimum atomic E-state index is -0.603. The summed E-state index contributed by atoms with van der Waals surface area (Å²) >= 11 is 0. The number of hydrogen-bond donors (Lipinski definition) is 2. The summed E-state index contributed by atoms with van der Waals surface area (Å²) in [5.74, 6) is 1.51. The van der Waals surface area contributed by atoms with Gasteiger partial charge in [0.25, 0.3) is 0 Å². The molecule has 1 aromatic rings. The number of aliphatic hydroxyl groups excluding tert-OH is 1. The standard InChI is InChI=1S/C9H18N4O/c1-4-5-13-7(3)11-12-9(13)8(10)6(2)14/h6,8,14H,4-5,10H2,1-3H3/t6-,8+/m1/s1. The van der Waals surface area contributed by atoms with Crippen LogP contribution in [0.3, 0.4) is 0 Å². The highest BCUT2D eigenvalue weighted by atomic mass is 16.3. The van der Waals surface area contributed by atoms with Gasteiger partial charge in [0.05, 0.1) is 12.1 Å². The first kappa shape index (κ1) is 11.1. The zero-order valence-electron chi connectivity index (χ0n) is 8.94. The molecule has 0 aliphatic heterocycles. The normalized spacial score (nSPS) is 15.5. The second-order valence-electron chi connectivity index (χ2n) is 3.52. The molecule has 0 amide bonds. The van der Waals surface area contributed by atoms with Crippen molar-refractivity contribution in [3.63, 3.8) is 0 Å². The van der Waals surface area contributed by atoms with Crippen molar-refractivity contribution >= 4 is 0 Å². The number of nitrogens with zero attached hydrogens (tertiary/aromatic N) is 3. The van der Waals surface area contributed by atoms with E-state index in [1.807, 2.05) is 11.5 Å². The van der Waals surface area contributed by atoms with Crippen LogP contribution in [0.1, 0.15) is 38.0 Å². The molecule has 80 valence electrons. The molecule has 0 unspecified atom stereocenters. The minimum Gasteiger partial charge on any atom is -0.391 e. The predicted molar refractivity (Wildman–Crippen MR) is 53.7 cm³/mol. The lowest BCUT2D eigenvalue weighted by molar-refractivity contribution is 0.158. The van der Waals surface area contributed by atoms with E-state index in [2.05, 4.69) is 17.1 Å². The van der Waals surface area contributed by atoms with Crippen molar-refractivity contribution in [3.8, 4) is 0 Å². The summed E-state index contributed by atoms with van der Waals surface area (Å²) in [6.07, 6.45) is 0.396. The van der Waals surface area contributed by atoms with Crippen molar-refractivity contribution in [2.75, 3.05) is 0 Å². The van der Waals surface area contributed by atoms with Crippen LogP contribution < -0.4 is 5.73 Å². The molecule has 3 N–H and O–H groups in total. The Labute approximate surface area is 83.9 Å². The third kappa shape index (κ3) is 2.10. The van der Waals surface area contributed by atoms with Gasteiger partial charge >= 0.3 is 0 Å². The van der Waals surface area contributed by atoms with E-state index in [-0.39, 0.29) is 0 Å². The van der Waals surface area contributed by atoms with Crippen LogP contribution >= 0.6 is 0 Å². The van der Waals surface area contributed by atoms with E-state index in [0.717, 1.165) is 18.8 Å². The molecular weight excluding hydrogens is 180 g/mol. The highest BCUT2D eigenvalue weighted by Crippen LogP contribution is 2.13. The Morgan fingerprint density at radius 2 is 2.14 bits per heavy atom. The van der Waals surface area contributed by atoms with E-state index in [4.69, 9.17) is 5.73 Å². The van der Waals surface area contributed by atoms with Crippen molar-refractivity contribution in [1.29, 1.82) is 0 Å². The zero-order chi connectivity index (χ0) is 10.7. The third-order valence-electron chi connectivity index (χ3n) is 2.23. The predicted octanol–water partition coefficient (Wildman–Crippen LogP) is 0.377. The molecule has 1 aromatic heterocycles. The highest BCUT2D eigenvalue weighted by molar-refractivity contribution is 5.01. The topological polar surface area (TPSA) is 77.0 Å². The summed E-state index contributed by atoms with van der Waals surface area (Å²) < 4.78 is 1.96. The highest BCUT2D eigenvalue weighted by Gasteiger charge is 2.19. The molecule has 0 bridgehead atoms. The lowest BCUT2D eigenvalue weighted by Gasteiger charge is -2.15. The Balaban J connectivity index is 2.96. The van der Waals surface area contributed by atoms with Crippen molar-refractivity contribution < 1.29 is 5.11 Å². The second kappa shape index (κ2) is 4.52. The summed E-state index contributed by atoms with van der Waals surface area (Å²) in [4.78, 5) is 0. The first-order chi connectivity index (χ1) is 6.57. The van der Waals surface area contributed by atoms with Crippen molar-refractivity contribution in [2.45, 2.75) is 45.9 Å². The maximum absolute atomic E-state index is 9.37. The van der Waals surface area contributed by atoms with Crippen LogP contribution in [0.4, 0.5) is 0 Å². The molecule has 0 spiro atoms. The lowest BCUT2D eigenvalue weighted by atomic mass is 10.2. The first-order valence-corrected chi connectivity index (χ1v) is 4.91. The lowest BCUT2D eigenvalue weighted by Crippen LogP contribution is -2.27. The van der Waals surface area contributed by atoms with Crippen LogP contribution in [-0.4, -0.2) is 26.0 Å². The maximum atomic E-state index is 9.37. The molecule has 0 fully saturated rings. The van der Waals surface area contributed by atoms with Gasteiger partial charge in [-0.2, -0.15) is 0 Å². The van der Waals surface area contributed by atoms with Crippen LogP contribution in [0.5, 0.6) is 0 Å². The van der Waals surface area contributed by atoms with Crippen molar-refractivity contribution in [2.24, 2.45) is 5.73 Å².